The largest absolute Gasteiger partial charge is 0.481 e. The highest BCUT2D eigenvalue weighted by atomic mass is 32.2. The van der Waals surface area contributed by atoms with E-state index in [4.69, 9.17) is 5.11 Å². The van der Waals surface area contributed by atoms with Crippen molar-refractivity contribution < 1.29 is 18.3 Å². The molecule has 0 bridgehead atoms. The van der Waals surface area contributed by atoms with Crippen molar-refractivity contribution in [2.45, 2.75) is 44.6 Å². The standard InChI is InChI=1S/C13H19NO4S/c1-9-5-10(2)7-11(6-9)19(17,18)14-13(3,4)8-12(15)16/h5-7,14H,8H2,1-4H3,(H,15,16). The smallest absolute Gasteiger partial charge is 0.305 e. The van der Waals surface area contributed by atoms with Crippen LogP contribution in [0.1, 0.15) is 31.4 Å². The summed E-state index contributed by atoms with van der Waals surface area (Å²) >= 11 is 0. The summed E-state index contributed by atoms with van der Waals surface area (Å²) in [4.78, 5) is 10.9. The van der Waals surface area contributed by atoms with E-state index in [1.807, 2.05) is 19.9 Å². The van der Waals surface area contributed by atoms with Gasteiger partial charge in [-0.05, 0) is 51.0 Å². The molecule has 0 aliphatic rings. The maximum absolute atomic E-state index is 12.2. The maximum atomic E-state index is 12.2. The van der Waals surface area contributed by atoms with Crippen LogP contribution in [0.5, 0.6) is 0 Å². The topological polar surface area (TPSA) is 83.5 Å². The normalized spacial score (nSPS) is 12.4. The zero-order valence-corrected chi connectivity index (χ0v) is 12.3. The third kappa shape index (κ3) is 4.65. The fourth-order valence-electron chi connectivity index (χ4n) is 1.92. The van der Waals surface area contributed by atoms with Crippen molar-refractivity contribution in [3.8, 4) is 0 Å². The van der Waals surface area contributed by atoms with Crippen LogP contribution < -0.4 is 4.72 Å². The first-order valence-corrected chi connectivity index (χ1v) is 7.34. The van der Waals surface area contributed by atoms with Gasteiger partial charge in [0.05, 0.1) is 11.3 Å². The number of nitrogens with one attached hydrogen (secondary N) is 1. The number of hydrogen-bond acceptors (Lipinski definition) is 3. The molecule has 0 atom stereocenters. The molecular formula is C13H19NO4S. The molecule has 0 heterocycles. The van der Waals surface area contributed by atoms with Crippen molar-refractivity contribution in [3.05, 3.63) is 29.3 Å². The molecule has 0 aliphatic carbocycles. The fraction of sp³-hybridized carbons (Fsp3) is 0.462. The zero-order chi connectivity index (χ0) is 14.8. The SMILES string of the molecule is Cc1cc(C)cc(S(=O)(=O)NC(C)(C)CC(=O)O)c1. The number of benzene rings is 1. The first kappa shape index (κ1) is 15.7. The Bertz CT molecular complexity index is 570. The summed E-state index contributed by atoms with van der Waals surface area (Å²) < 4.78 is 26.9. The van der Waals surface area contributed by atoms with Gasteiger partial charge in [-0.1, -0.05) is 6.07 Å². The highest BCUT2D eigenvalue weighted by Gasteiger charge is 2.28. The number of aliphatic carboxylic acids is 1. The summed E-state index contributed by atoms with van der Waals surface area (Å²) in [5, 5.41) is 8.77. The first-order valence-electron chi connectivity index (χ1n) is 5.86. The van der Waals surface area contributed by atoms with E-state index in [1.165, 1.54) is 0 Å². The van der Waals surface area contributed by atoms with Gasteiger partial charge in [0, 0.05) is 5.54 Å². The lowest BCUT2D eigenvalue weighted by Gasteiger charge is -2.24. The van der Waals surface area contributed by atoms with Crippen molar-refractivity contribution in [3.63, 3.8) is 0 Å². The number of hydrogen-bond donors (Lipinski definition) is 2. The molecule has 1 aromatic carbocycles. The molecule has 0 aromatic heterocycles. The summed E-state index contributed by atoms with van der Waals surface area (Å²) in [6.45, 7) is 6.71. The molecule has 0 amide bonds. The van der Waals surface area contributed by atoms with Crippen molar-refractivity contribution in [1.82, 2.24) is 4.72 Å². The molecule has 0 aliphatic heterocycles. The van der Waals surface area contributed by atoms with Crippen LogP contribution in [-0.2, 0) is 14.8 Å². The molecule has 0 unspecified atom stereocenters. The van der Waals surface area contributed by atoms with Crippen LogP contribution in [0.4, 0.5) is 0 Å². The van der Waals surface area contributed by atoms with E-state index in [2.05, 4.69) is 4.72 Å². The highest BCUT2D eigenvalue weighted by Crippen LogP contribution is 2.18. The minimum atomic E-state index is -3.72. The number of carboxylic acids is 1. The van der Waals surface area contributed by atoms with Gasteiger partial charge in [0.1, 0.15) is 0 Å². The Morgan fingerprint density at radius 3 is 2.11 bits per heavy atom. The first-order chi connectivity index (χ1) is 8.52. The van der Waals surface area contributed by atoms with E-state index in [0.717, 1.165) is 11.1 Å². The van der Waals surface area contributed by atoms with Crippen LogP contribution in [0.3, 0.4) is 0 Å². The summed E-state index contributed by atoms with van der Waals surface area (Å²) in [6, 6.07) is 5.00. The van der Waals surface area contributed by atoms with Crippen LogP contribution in [0.25, 0.3) is 0 Å². The molecule has 2 N–H and O–H groups in total. The van der Waals surface area contributed by atoms with Crippen molar-refractivity contribution in [2.75, 3.05) is 0 Å². The lowest BCUT2D eigenvalue weighted by Crippen LogP contribution is -2.44. The zero-order valence-electron chi connectivity index (χ0n) is 11.5. The third-order valence-corrected chi connectivity index (χ3v) is 4.19. The summed E-state index contributed by atoms with van der Waals surface area (Å²) in [6.07, 6.45) is -0.281. The summed E-state index contributed by atoms with van der Waals surface area (Å²) in [7, 11) is -3.72. The Kier molecular flexibility index (Phi) is 4.37. The Morgan fingerprint density at radius 2 is 1.68 bits per heavy atom. The molecular weight excluding hydrogens is 266 g/mol. The maximum Gasteiger partial charge on any atom is 0.305 e. The van der Waals surface area contributed by atoms with Crippen LogP contribution in [0, 0.1) is 13.8 Å². The molecule has 1 aromatic rings. The van der Waals surface area contributed by atoms with E-state index in [0.29, 0.717) is 0 Å². The van der Waals surface area contributed by atoms with Crippen molar-refractivity contribution >= 4 is 16.0 Å². The van der Waals surface area contributed by atoms with Crippen LogP contribution in [0.15, 0.2) is 23.1 Å². The van der Waals surface area contributed by atoms with Crippen molar-refractivity contribution in [1.29, 1.82) is 0 Å². The van der Waals surface area contributed by atoms with Gasteiger partial charge < -0.3 is 5.11 Å². The molecule has 5 nitrogen and oxygen atoms in total. The molecule has 0 saturated heterocycles. The average Bonchev–Trinajstić information content (AvgIpc) is 2.11. The van der Waals surface area contributed by atoms with Gasteiger partial charge in [0.25, 0.3) is 0 Å². The number of sulfonamides is 1. The van der Waals surface area contributed by atoms with E-state index in [-0.39, 0.29) is 11.3 Å². The highest BCUT2D eigenvalue weighted by molar-refractivity contribution is 7.89. The van der Waals surface area contributed by atoms with Crippen LogP contribution in [-0.4, -0.2) is 25.0 Å². The number of carbonyl (C=O) groups is 1. The van der Waals surface area contributed by atoms with Gasteiger partial charge in [0.15, 0.2) is 0 Å². The van der Waals surface area contributed by atoms with E-state index in [9.17, 15) is 13.2 Å². The molecule has 106 valence electrons. The number of carboxylic acid groups (broad SMARTS) is 1. The predicted molar refractivity (Wildman–Crippen MR) is 72.6 cm³/mol. The van der Waals surface area contributed by atoms with E-state index < -0.39 is 21.5 Å². The van der Waals surface area contributed by atoms with Crippen LogP contribution in [0.2, 0.25) is 0 Å². The van der Waals surface area contributed by atoms with Gasteiger partial charge in [-0.2, -0.15) is 0 Å². The molecule has 1 rings (SSSR count). The van der Waals surface area contributed by atoms with Crippen LogP contribution >= 0.6 is 0 Å². The fourth-order valence-corrected chi connectivity index (χ4v) is 3.52. The molecule has 6 heteroatoms. The second kappa shape index (κ2) is 5.30. The van der Waals surface area contributed by atoms with Gasteiger partial charge in [-0.3, -0.25) is 4.79 Å². The lowest BCUT2D eigenvalue weighted by molar-refractivity contribution is -0.138. The quantitative estimate of drug-likeness (QED) is 0.864. The Balaban J connectivity index is 3.08. The van der Waals surface area contributed by atoms with E-state index in [1.54, 1.807) is 26.0 Å². The van der Waals surface area contributed by atoms with Gasteiger partial charge in [-0.15, -0.1) is 0 Å². The average molecular weight is 285 g/mol. The van der Waals surface area contributed by atoms with Gasteiger partial charge in [-0.25, -0.2) is 13.1 Å². The van der Waals surface area contributed by atoms with E-state index >= 15 is 0 Å². The molecule has 0 fully saturated rings. The minimum Gasteiger partial charge on any atom is -0.481 e. The Labute approximate surface area is 113 Å². The molecule has 19 heavy (non-hydrogen) atoms. The monoisotopic (exact) mass is 285 g/mol. The number of aryl methyl sites for hydroxylation is 2. The second-order valence-electron chi connectivity index (χ2n) is 5.38. The van der Waals surface area contributed by atoms with Gasteiger partial charge in [0.2, 0.25) is 10.0 Å². The van der Waals surface area contributed by atoms with Gasteiger partial charge >= 0.3 is 5.97 Å². The van der Waals surface area contributed by atoms with Crippen molar-refractivity contribution in [2.24, 2.45) is 0 Å². The molecule has 0 saturated carbocycles. The number of rotatable bonds is 5. The molecule has 0 spiro atoms. The Hall–Kier alpha value is -1.40. The predicted octanol–water partition coefficient (Wildman–Crippen LogP) is 1.84. The Morgan fingerprint density at radius 1 is 1.21 bits per heavy atom. The lowest BCUT2D eigenvalue weighted by atomic mass is 10.0. The molecule has 0 radical (unpaired) electrons. The summed E-state index contributed by atoms with van der Waals surface area (Å²) in [5.41, 5.74) is 0.648. The minimum absolute atomic E-state index is 0.156. The second-order valence-corrected chi connectivity index (χ2v) is 7.07. The third-order valence-electron chi connectivity index (χ3n) is 2.51. The summed E-state index contributed by atoms with van der Waals surface area (Å²) in [5.74, 6) is -1.05.